The van der Waals surface area contributed by atoms with Crippen LogP contribution in [0.1, 0.15) is 35.1 Å². The van der Waals surface area contributed by atoms with Crippen LogP contribution in [0.5, 0.6) is 0 Å². The molecule has 0 spiro atoms. The van der Waals surface area contributed by atoms with Crippen LogP contribution in [0.15, 0.2) is 53.7 Å². The van der Waals surface area contributed by atoms with E-state index >= 15 is 0 Å². The van der Waals surface area contributed by atoms with Gasteiger partial charge in [-0.1, -0.05) is 65.8 Å². The van der Waals surface area contributed by atoms with E-state index in [1.54, 1.807) is 7.11 Å². The van der Waals surface area contributed by atoms with E-state index < -0.39 is 0 Å². The fourth-order valence-corrected chi connectivity index (χ4v) is 2.84. The molecule has 2 heteroatoms. The molecule has 0 fully saturated rings. The third-order valence-electron chi connectivity index (χ3n) is 3.79. The Bertz CT molecular complexity index is 671. The molecule has 0 saturated carbocycles. The maximum absolute atomic E-state index is 5.02. The lowest BCUT2D eigenvalue weighted by molar-refractivity contribution is 0.212. The Morgan fingerprint density at radius 3 is 2.62 bits per heavy atom. The molecule has 2 aromatic rings. The lowest BCUT2D eigenvalue weighted by Crippen LogP contribution is -2.14. The predicted octanol–water partition coefficient (Wildman–Crippen LogP) is 4.54. The van der Waals surface area contributed by atoms with Crippen molar-refractivity contribution in [3.05, 3.63) is 70.8 Å². The second-order valence-corrected chi connectivity index (χ2v) is 5.20. The Balaban J connectivity index is 2.00. The first-order chi connectivity index (χ1) is 10.4. The SMILES string of the molecule is CO/N=C1\CCCc2cccc(/C=C/c3ccccc3)c21. The van der Waals surface area contributed by atoms with Crippen molar-refractivity contribution < 1.29 is 4.84 Å². The van der Waals surface area contributed by atoms with E-state index in [2.05, 4.69) is 59.8 Å². The third kappa shape index (κ3) is 3.05. The lowest BCUT2D eigenvalue weighted by Gasteiger charge is -2.19. The summed E-state index contributed by atoms with van der Waals surface area (Å²) < 4.78 is 0. The summed E-state index contributed by atoms with van der Waals surface area (Å²) in [6.07, 6.45) is 7.56. The smallest absolute Gasteiger partial charge is 0.106 e. The number of nitrogens with zero attached hydrogens (tertiary/aromatic N) is 1. The van der Waals surface area contributed by atoms with Crippen LogP contribution in [0.4, 0.5) is 0 Å². The maximum atomic E-state index is 5.02. The zero-order valence-electron chi connectivity index (χ0n) is 12.3. The Hall–Kier alpha value is -2.35. The summed E-state index contributed by atoms with van der Waals surface area (Å²) in [6, 6.07) is 16.8. The van der Waals surface area contributed by atoms with Crippen molar-refractivity contribution in [2.45, 2.75) is 19.3 Å². The molecule has 0 amide bonds. The average Bonchev–Trinajstić information content (AvgIpc) is 2.54. The molecule has 0 aromatic heterocycles. The molecule has 1 aliphatic carbocycles. The zero-order chi connectivity index (χ0) is 14.5. The number of rotatable bonds is 3. The standard InChI is InChI=1S/C19H19NO/c1-21-20-18-12-6-11-16-9-5-10-17(19(16)18)14-13-15-7-3-2-4-8-15/h2-5,7-10,13-14H,6,11-12H2,1H3/b14-13+,20-18+. The van der Waals surface area contributed by atoms with E-state index in [9.17, 15) is 0 Å². The second-order valence-electron chi connectivity index (χ2n) is 5.20. The first-order valence-electron chi connectivity index (χ1n) is 7.34. The number of hydrogen-bond donors (Lipinski definition) is 0. The van der Waals surface area contributed by atoms with E-state index in [1.165, 1.54) is 22.3 Å². The molecule has 2 aromatic carbocycles. The number of hydrogen-bond acceptors (Lipinski definition) is 2. The number of oxime groups is 1. The monoisotopic (exact) mass is 277 g/mol. The van der Waals surface area contributed by atoms with Gasteiger partial charge in [-0.15, -0.1) is 0 Å². The van der Waals surface area contributed by atoms with Crippen LogP contribution in [-0.4, -0.2) is 12.8 Å². The lowest BCUT2D eigenvalue weighted by atomic mass is 9.86. The highest BCUT2D eigenvalue weighted by Gasteiger charge is 2.18. The summed E-state index contributed by atoms with van der Waals surface area (Å²) in [5, 5.41) is 4.22. The molecule has 0 N–H and O–H groups in total. The third-order valence-corrected chi connectivity index (χ3v) is 3.79. The Morgan fingerprint density at radius 1 is 0.952 bits per heavy atom. The molecule has 21 heavy (non-hydrogen) atoms. The van der Waals surface area contributed by atoms with Gasteiger partial charge in [-0.25, -0.2) is 0 Å². The van der Waals surface area contributed by atoms with Crippen LogP contribution in [0.2, 0.25) is 0 Å². The van der Waals surface area contributed by atoms with Crippen LogP contribution < -0.4 is 0 Å². The molecule has 0 aliphatic heterocycles. The maximum Gasteiger partial charge on any atom is 0.106 e. The average molecular weight is 277 g/mol. The minimum Gasteiger partial charge on any atom is -0.399 e. The van der Waals surface area contributed by atoms with Crippen LogP contribution in [0, 0.1) is 0 Å². The summed E-state index contributed by atoms with van der Waals surface area (Å²) in [7, 11) is 1.61. The molecule has 0 radical (unpaired) electrons. The molecule has 3 rings (SSSR count). The summed E-state index contributed by atoms with van der Waals surface area (Å²) >= 11 is 0. The highest BCUT2D eigenvalue weighted by Crippen LogP contribution is 2.26. The van der Waals surface area contributed by atoms with E-state index in [-0.39, 0.29) is 0 Å². The van der Waals surface area contributed by atoms with Crippen molar-refractivity contribution in [1.29, 1.82) is 0 Å². The molecule has 2 nitrogen and oxygen atoms in total. The van der Waals surface area contributed by atoms with Gasteiger partial charge in [-0.05, 0) is 36.0 Å². The minimum absolute atomic E-state index is 0.983. The van der Waals surface area contributed by atoms with Crippen molar-refractivity contribution in [3.8, 4) is 0 Å². The van der Waals surface area contributed by atoms with Crippen molar-refractivity contribution in [3.63, 3.8) is 0 Å². The Kier molecular flexibility index (Phi) is 4.15. The molecular weight excluding hydrogens is 258 g/mol. The summed E-state index contributed by atoms with van der Waals surface area (Å²) in [4.78, 5) is 5.02. The van der Waals surface area contributed by atoms with Crippen molar-refractivity contribution in [2.24, 2.45) is 5.16 Å². The molecular formula is C19H19NO. The molecule has 106 valence electrons. The fraction of sp³-hybridized carbons (Fsp3) is 0.211. The van der Waals surface area contributed by atoms with Gasteiger partial charge in [0.1, 0.15) is 7.11 Å². The number of aryl methyl sites for hydroxylation is 1. The summed E-state index contributed by atoms with van der Waals surface area (Å²) in [6.45, 7) is 0. The summed E-state index contributed by atoms with van der Waals surface area (Å²) in [5.41, 5.74) is 6.10. The van der Waals surface area contributed by atoms with Gasteiger partial charge in [0.2, 0.25) is 0 Å². The largest absolute Gasteiger partial charge is 0.399 e. The second kappa shape index (κ2) is 6.40. The highest BCUT2D eigenvalue weighted by atomic mass is 16.6. The normalized spacial score (nSPS) is 16.1. The Labute approximate surface area is 125 Å². The highest BCUT2D eigenvalue weighted by molar-refractivity contribution is 6.05. The molecule has 1 aliphatic rings. The minimum atomic E-state index is 0.983. The van der Waals surface area contributed by atoms with Gasteiger partial charge < -0.3 is 4.84 Å². The van der Waals surface area contributed by atoms with Gasteiger partial charge >= 0.3 is 0 Å². The van der Waals surface area contributed by atoms with Gasteiger partial charge in [-0.2, -0.15) is 0 Å². The van der Waals surface area contributed by atoms with Crippen LogP contribution in [0.25, 0.3) is 12.2 Å². The van der Waals surface area contributed by atoms with Gasteiger partial charge in [0.25, 0.3) is 0 Å². The molecule has 0 saturated heterocycles. The van der Waals surface area contributed by atoms with Crippen molar-refractivity contribution in [1.82, 2.24) is 0 Å². The van der Waals surface area contributed by atoms with Crippen LogP contribution in [-0.2, 0) is 11.3 Å². The zero-order valence-corrected chi connectivity index (χ0v) is 12.3. The van der Waals surface area contributed by atoms with Gasteiger partial charge in [0.05, 0.1) is 5.71 Å². The number of fused-ring (bicyclic) bond motifs is 1. The Morgan fingerprint density at radius 2 is 1.81 bits per heavy atom. The van der Waals surface area contributed by atoms with Gasteiger partial charge in [-0.3, -0.25) is 0 Å². The van der Waals surface area contributed by atoms with Gasteiger partial charge in [0.15, 0.2) is 0 Å². The van der Waals surface area contributed by atoms with Crippen molar-refractivity contribution in [2.75, 3.05) is 7.11 Å². The van der Waals surface area contributed by atoms with Crippen LogP contribution >= 0.6 is 0 Å². The van der Waals surface area contributed by atoms with Crippen LogP contribution in [0.3, 0.4) is 0 Å². The quantitative estimate of drug-likeness (QED) is 0.596. The number of benzene rings is 2. The molecule has 0 unspecified atom stereocenters. The first-order valence-corrected chi connectivity index (χ1v) is 7.34. The predicted molar refractivity (Wildman–Crippen MR) is 88.3 cm³/mol. The molecule has 0 bridgehead atoms. The fourth-order valence-electron chi connectivity index (χ4n) is 2.84. The summed E-state index contributed by atoms with van der Waals surface area (Å²) in [5.74, 6) is 0. The van der Waals surface area contributed by atoms with E-state index in [0.29, 0.717) is 0 Å². The molecule has 0 heterocycles. The van der Waals surface area contributed by atoms with E-state index in [4.69, 9.17) is 4.84 Å². The van der Waals surface area contributed by atoms with E-state index in [0.717, 1.165) is 25.0 Å². The van der Waals surface area contributed by atoms with Crippen molar-refractivity contribution >= 4 is 17.9 Å². The van der Waals surface area contributed by atoms with Gasteiger partial charge in [0, 0.05) is 5.56 Å². The topological polar surface area (TPSA) is 21.6 Å². The first kappa shape index (κ1) is 13.6. The van der Waals surface area contributed by atoms with E-state index in [1.807, 2.05) is 6.07 Å². The molecule has 0 atom stereocenters.